The first-order chi connectivity index (χ1) is 14.3. The number of nitrogens with one attached hydrogen (secondary N) is 1. The average Bonchev–Trinajstić information content (AvgIpc) is 3.01. The van der Waals surface area contributed by atoms with Gasteiger partial charge in [-0.05, 0) is 62.7 Å². The van der Waals surface area contributed by atoms with Crippen LogP contribution in [-0.4, -0.2) is 42.0 Å². The predicted octanol–water partition coefficient (Wildman–Crippen LogP) is 4.12. The summed E-state index contributed by atoms with van der Waals surface area (Å²) in [5.41, 5.74) is 5.40. The Balaban J connectivity index is 1.73. The topological polar surface area (TPSA) is 63.6 Å². The molecule has 2 aromatic carbocycles. The summed E-state index contributed by atoms with van der Waals surface area (Å²) in [5, 5.41) is 2.93. The largest absolute Gasteiger partial charge is 0.484 e. The highest BCUT2D eigenvalue weighted by atomic mass is 16.5. The van der Waals surface area contributed by atoms with Crippen LogP contribution in [0.1, 0.15) is 27.3 Å². The highest BCUT2D eigenvalue weighted by molar-refractivity contribution is 6.05. The molecule has 6 nitrogen and oxygen atoms in total. The standard InChI is InChI=1S/C24H27N3O3/c1-16-8-6-7-9-22(16)27-17(2)14-21(18(27)3)24(29)25-19-10-12-20(13-11-19)30-15-23(28)26(4)5/h6-14H,15H2,1-5H3,(H,25,29). The molecule has 0 atom stereocenters. The Morgan fingerprint density at radius 3 is 2.30 bits per heavy atom. The Kier molecular flexibility index (Phi) is 6.26. The Hall–Kier alpha value is -3.54. The lowest BCUT2D eigenvalue weighted by molar-refractivity contribution is -0.130. The zero-order valence-electron chi connectivity index (χ0n) is 18.0. The predicted molar refractivity (Wildman–Crippen MR) is 119 cm³/mol. The molecule has 0 bridgehead atoms. The van der Waals surface area contributed by atoms with E-state index in [1.54, 1.807) is 38.4 Å². The molecule has 1 N–H and O–H groups in total. The minimum atomic E-state index is -0.167. The SMILES string of the molecule is Cc1ccccc1-n1c(C)cc(C(=O)Nc2ccc(OCC(=O)N(C)C)cc2)c1C. The minimum absolute atomic E-state index is 0.0242. The van der Waals surface area contributed by atoms with Gasteiger partial charge in [0.05, 0.1) is 5.56 Å². The highest BCUT2D eigenvalue weighted by Crippen LogP contribution is 2.24. The van der Waals surface area contributed by atoms with Crippen LogP contribution in [0.3, 0.4) is 0 Å². The van der Waals surface area contributed by atoms with E-state index in [2.05, 4.69) is 28.9 Å². The van der Waals surface area contributed by atoms with E-state index in [9.17, 15) is 9.59 Å². The van der Waals surface area contributed by atoms with Crippen molar-refractivity contribution in [2.45, 2.75) is 20.8 Å². The van der Waals surface area contributed by atoms with Gasteiger partial charge in [-0.3, -0.25) is 9.59 Å². The number of nitrogens with zero attached hydrogens (tertiary/aromatic N) is 2. The van der Waals surface area contributed by atoms with E-state index in [1.165, 1.54) is 4.90 Å². The lowest BCUT2D eigenvalue weighted by Crippen LogP contribution is -2.27. The minimum Gasteiger partial charge on any atom is -0.484 e. The number of para-hydroxylation sites is 1. The number of aryl methyl sites for hydroxylation is 2. The molecule has 0 unspecified atom stereocenters. The Bertz CT molecular complexity index is 1070. The third-order valence-corrected chi connectivity index (χ3v) is 5.01. The number of carbonyl (C=O) groups is 2. The molecule has 0 fully saturated rings. The summed E-state index contributed by atoms with van der Waals surface area (Å²) >= 11 is 0. The van der Waals surface area contributed by atoms with Crippen molar-refractivity contribution in [3.63, 3.8) is 0 Å². The van der Waals surface area contributed by atoms with Crippen LogP contribution in [0.5, 0.6) is 5.75 Å². The molecule has 0 aliphatic heterocycles. The van der Waals surface area contributed by atoms with Crippen molar-refractivity contribution in [3.8, 4) is 11.4 Å². The summed E-state index contributed by atoms with van der Waals surface area (Å²) in [7, 11) is 3.36. The number of anilines is 1. The molecule has 0 saturated heterocycles. The molecule has 0 spiro atoms. The van der Waals surface area contributed by atoms with Gasteiger partial charge in [0.15, 0.2) is 6.61 Å². The molecule has 30 heavy (non-hydrogen) atoms. The number of aromatic nitrogens is 1. The van der Waals surface area contributed by atoms with Crippen LogP contribution in [0, 0.1) is 20.8 Å². The van der Waals surface area contributed by atoms with Gasteiger partial charge in [-0.2, -0.15) is 0 Å². The van der Waals surface area contributed by atoms with Crippen LogP contribution < -0.4 is 10.1 Å². The zero-order chi connectivity index (χ0) is 21.8. The van der Waals surface area contributed by atoms with Crippen LogP contribution in [0.4, 0.5) is 5.69 Å². The molecule has 1 heterocycles. The van der Waals surface area contributed by atoms with Gasteiger partial charge >= 0.3 is 0 Å². The van der Waals surface area contributed by atoms with E-state index in [-0.39, 0.29) is 18.4 Å². The van der Waals surface area contributed by atoms with Gasteiger partial charge < -0.3 is 19.5 Å². The van der Waals surface area contributed by atoms with Crippen molar-refractivity contribution in [3.05, 3.63) is 77.1 Å². The van der Waals surface area contributed by atoms with Gasteiger partial charge in [0.25, 0.3) is 11.8 Å². The number of rotatable bonds is 6. The maximum atomic E-state index is 12.9. The first-order valence-electron chi connectivity index (χ1n) is 9.77. The van der Waals surface area contributed by atoms with Gasteiger partial charge in [-0.25, -0.2) is 0 Å². The number of amides is 2. The van der Waals surface area contributed by atoms with E-state index in [0.717, 1.165) is 22.6 Å². The first kappa shape index (κ1) is 21.2. The van der Waals surface area contributed by atoms with Crippen LogP contribution in [0.2, 0.25) is 0 Å². The van der Waals surface area contributed by atoms with Crippen LogP contribution >= 0.6 is 0 Å². The molecule has 0 aliphatic rings. The molecular weight excluding hydrogens is 378 g/mol. The van der Waals surface area contributed by atoms with E-state index >= 15 is 0 Å². The summed E-state index contributed by atoms with van der Waals surface area (Å²) in [6.07, 6.45) is 0. The van der Waals surface area contributed by atoms with Gasteiger partial charge in [-0.1, -0.05) is 18.2 Å². The molecule has 2 amide bonds. The Morgan fingerprint density at radius 2 is 1.67 bits per heavy atom. The number of benzene rings is 2. The van der Waals surface area contributed by atoms with Crippen molar-refractivity contribution < 1.29 is 14.3 Å². The maximum absolute atomic E-state index is 12.9. The molecule has 156 valence electrons. The van der Waals surface area contributed by atoms with E-state index < -0.39 is 0 Å². The molecule has 0 radical (unpaired) electrons. The summed E-state index contributed by atoms with van der Waals surface area (Å²) in [5.74, 6) is 0.289. The maximum Gasteiger partial charge on any atom is 0.259 e. The molecule has 3 aromatic rings. The van der Waals surface area contributed by atoms with Crippen LogP contribution in [-0.2, 0) is 4.79 Å². The molecular formula is C24H27N3O3. The van der Waals surface area contributed by atoms with E-state index in [0.29, 0.717) is 17.0 Å². The van der Waals surface area contributed by atoms with Gasteiger partial charge in [0.1, 0.15) is 5.75 Å². The fourth-order valence-electron chi connectivity index (χ4n) is 3.28. The van der Waals surface area contributed by atoms with Crippen LogP contribution in [0.25, 0.3) is 5.69 Å². The number of hydrogen-bond acceptors (Lipinski definition) is 3. The molecule has 6 heteroatoms. The van der Waals surface area contributed by atoms with Gasteiger partial charge in [-0.15, -0.1) is 0 Å². The smallest absolute Gasteiger partial charge is 0.259 e. The van der Waals surface area contributed by atoms with Crippen molar-refractivity contribution in [2.24, 2.45) is 0 Å². The van der Waals surface area contributed by atoms with Gasteiger partial charge in [0.2, 0.25) is 0 Å². The van der Waals surface area contributed by atoms with E-state index in [4.69, 9.17) is 4.74 Å². The molecule has 1 aromatic heterocycles. The van der Waals surface area contributed by atoms with Crippen molar-refractivity contribution in [2.75, 3.05) is 26.0 Å². The highest BCUT2D eigenvalue weighted by Gasteiger charge is 2.17. The quantitative estimate of drug-likeness (QED) is 0.671. The molecule has 0 saturated carbocycles. The van der Waals surface area contributed by atoms with E-state index in [1.807, 2.05) is 32.0 Å². The number of ether oxygens (including phenoxy) is 1. The number of hydrogen-bond donors (Lipinski definition) is 1. The van der Waals surface area contributed by atoms with Crippen molar-refractivity contribution in [1.29, 1.82) is 0 Å². The Labute approximate surface area is 177 Å². The monoisotopic (exact) mass is 405 g/mol. The second kappa shape index (κ2) is 8.86. The normalized spacial score (nSPS) is 10.6. The fourth-order valence-corrected chi connectivity index (χ4v) is 3.28. The van der Waals surface area contributed by atoms with Crippen molar-refractivity contribution >= 4 is 17.5 Å². The average molecular weight is 405 g/mol. The second-order valence-corrected chi connectivity index (χ2v) is 7.46. The van der Waals surface area contributed by atoms with Gasteiger partial charge in [0, 0.05) is 36.9 Å². The van der Waals surface area contributed by atoms with Crippen LogP contribution in [0.15, 0.2) is 54.6 Å². The molecule has 3 rings (SSSR count). The summed E-state index contributed by atoms with van der Waals surface area (Å²) in [6, 6.07) is 17.0. The number of carbonyl (C=O) groups excluding carboxylic acids is 2. The second-order valence-electron chi connectivity index (χ2n) is 7.46. The lowest BCUT2D eigenvalue weighted by Gasteiger charge is -2.13. The summed E-state index contributed by atoms with van der Waals surface area (Å²) in [6.45, 7) is 5.98. The molecule has 0 aliphatic carbocycles. The summed E-state index contributed by atoms with van der Waals surface area (Å²) < 4.78 is 7.56. The third kappa shape index (κ3) is 4.54. The van der Waals surface area contributed by atoms with Crippen molar-refractivity contribution in [1.82, 2.24) is 9.47 Å². The lowest BCUT2D eigenvalue weighted by atomic mass is 10.2. The third-order valence-electron chi connectivity index (χ3n) is 5.01. The zero-order valence-corrected chi connectivity index (χ0v) is 18.0. The first-order valence-corrected chi connectivity index (χ1v) is 9.77. The Morgan fingerprint density at radius 1 is 1.00 bits per heavy atom. The fraction of sp³-hybridized carbons (Fsp3) is 0.250. The summed E-state index contributed by atoms with van der Waals surface area (Å²) in [4.78, 5) is 26.0. The number of likely N-dealkylation sites (N-methyl/N-ethyl adjacent to an activating group) is 1.